The molecule has 0 aromatic rings. The van der Waals surface area contributed by atoms with Crippen molar-refractivity contribution in [2.75, 3.05) is 0 Å². The molecular formula is H2B4Li2O7. The fourth-order valence-electron chi connectivity index (χ4n) is 0.259. The van der Waals surface area contributed by atoms with Crippen LogP contribution >= 0.6 is 0 Å². The van der Waals surface area contributed by atoms with Crippen molar-refractivity contribution in [3.63, 3.8) is 0 Å². The summed E-state index contributed by atoms with van der Waals surface area (Å²) in [5.74, 6) is 0. The van der Waals surface area contributed by atoms with E-state index < -0.39 is 14.6 Å². The van der Waals surface area contributed by atoms with Gasteiger partial charge in [0, 0.05) is 37.7 Å². The molecule has 2 radical (unpaired) electrons. The van der Waals surface area contributed by atoms with Crippen molar-refractivity contribution in [2.24, 2.45) is 0 Å². The standard InChI is InChI=1S/B4H2O7.2Li/c5-1-9-3(7)11-4(8)10-2-6;;/h7-8H;;. The predicted octanol–water partition coefficient (Wildman–Crippen LogP) is -3.84. The van der Waals surface area contributed by atoms with Crippen LogP contribution in [0.15, 0.2) is 0 Å². The number of hydrogen-bond donors (Lipinski definition) is 2. The van der Waals surface area contributed by atoms with Crippen LogP contribution in [0.5, 0.6) is 0 Å². The summed E-state index contributed by atoms with van der Waals surface area (Å²) in [6, 6.07) is 0. The third kappa shape index (κ3) is 12.5. The quantitative estimate of drug-likeness (QED) is 0.394. The van der Waals surface area contributed by atoms with E-state index in [-0.39, 0.29) is 52.4 Å². The zero-order chi connectivity index (χ0) is 8.69. The van der Waals surface area contributed by atoms with E-state index in [1.807, 2.05) is 0 Å². The molecule has 0 aliphatic rings. The molecule has 0 rings (SSSR count). The van der Waals surface area contributed by atoms with Crippen LogP contribution in [0.1, 0.15) is 0 Å². The van der Waals surface area contributed by atoms with Gasteiger partial charge in [-0.1, -0.05) is 0 Å². The first-order valence-corrected chi connectivity index (χ1v) is 2.40. The topological polar surface area (TPSA) is 102 Å². The van der Waals surface area contributed by atoms with Crippen LogP contribution in [0.2, 0.25) is 0 Å². The molecule has 0 spiro atoms. The molecule has 13 heavy (non-hydrogen) atoms. The Bertz CT molecular complexity index is 118. The maximum Gasteiger partial charge on any atom is 0 e. The van der Waals surface area contributed by atoms with E-state index in [2.05, 4.69) is 13.7 Å². The molecule has 0 saturated carbocycles. The van der Waals surface area contributed by atoms with Gasteiger partial charge in [0.05, 0.1) is 0 Å². The summed E-state index contributed by atoms with van der Waals surface area (Å²) in [7, 11) is -4.11. The molecule has 0 atom stereocenters. The molecule has 0 fully saturated rings. The number of rotatable bonds is 6. The van der Waals surface area contributed by atoms with Gasteiger partial charge >= 0.3 is 62.5 Å². The Kier molecular flexibility index (Phi) is 18.5. The molecule has 0 aliphatic heterocycles. The first-order valence-electron chi connectivity index (χ1n) is 2.40. The van der Waals surface area contributed by atoms with Gasteiger partial charge in [-0.3, -0.25) is 0 Å². The molecular weight excluding hydrogens is 169 g/mol. The van der Waals surface area contributed by atoms with Crippen molar-refractivity contribution in [1.29, 1.82) is 0 Å². The monoisotopic (exact) mass is 172 g/mol. The molecule has 0 saturated heterocycles. The summed E-state index contributed by atoms with van der Waals surface area (Å²) in [6.45, 7) is 0. The van der Waals surface area contributed by atoms with Crippen LogP contribution in [0, 0.1) is 0 Å². The van der Waals surface area contributed by atoms with Crippen LogP contribution < -0.4 is 0 Å². The Morgan fingerprint density at radius 2 is 1.23 bits per heavy atom. The van der Waals surface area contributed by atoms with Crippen LogP contribution in [-0.2, 0) is 23.1 Å². The fraction of sp³-hybridized carbons (Fsp3) is 0. The van der Waals surface area contributed by atoms with Crippen LogP contribution in [0.25, 0.3) is 0 Å². The summed E-state index contributed by atoms with van der Waals surface area (Å²) < 4.78 is 30.4. The maximum absolute atomic E-state index is 9.50. The molecule has 7 nitrogen and oxygen atoms in total. The van der Waals surface area contributed by atoms with E-state index in [0.717, 1.165) is 0 Å². The largest absolute Gasteiger partial charge is 0 e. The molecule has 58 valence electrons. The average Bonchev–Trinajstić information content (AvgIpc) is 1.87. The zero-order valence-corrected chi connectivity index (χ0v) is 7.25. The van der Waals surface area contributed by atoms with Gasteiger partial charge in [0.2, 0.25) is 0 Å². The van der Waals surface area contributed by atoms with Crippen molar-refractivity contribution >= 4 is 67.1 Å². The average molecular weight is 171 g/mol. The Hall–Kier alpha value is 0.535. The van der Waals surface area contributed by atoms with Crippen molar-refractivity contribution in [3.05, 3.63) is 0 Å². The van der Waals surface area contributed by atoms with E-state index in [1.165, 1.54) is 0 Å². The second-order valence-electron chi connectivity index (χ2n) is 1.21. The van der Waals surface area contributed by atoms with Gasteiger partial charge in [0.25, 0.3) is 0 Å². The molecule has 0 unspecified atom stereocenters. The summed E-state index contributed by atoms with van der Waals surface area (Å²) in [5, 5.41) is 16.8. The zero-order valence-electron chi connectivity index (χ0n) is 7.25. The second kappa shape index (κ2) is 12.5. The molecule has 2 N–H and O–H groups in total. The Balaban J connectivity index is -0.000000500. The summed E-state index contributed by atoms with van der Waals surface area (Å²) in [6.07, 6.45) is 0. The molecule has 0 aliphatic carbocycles. The van der Waals surface area contributed by atoms with Crippen LogP contribution in [0.4, 0.5) is 0 Å². The van der Waals surface area contributed by atoms with Gasteiger partial charge in [0.15, 0.2) is 0 Å². The third-order valence-corrected chi connectivity index (χ3v) is 0.577. The van der Waals surface area contributed by atoms with Crippen LogP contribution in [0.3, 0.4) is 0 Å². The van der Waals surface area contributed by atoms with E-state index >= 15 is 0 Å². The molecule has 0 amide bonds. The molecule has 0 aromatic heterocycles. The van der Waals surface area contributed by atoms with Crippen LogP contribution in [-0.4, -0.2) is 77.1 Å². The molecule has 0 bridgehead atoms. The Morgan fingerprint density at radius 3 is 1.46 bits per heavy atom. The Labute approximate surface area is 100 Å². The maximum atomic E-state index is 9.50. The smallest absolute Gasteiger partial charge is 0 e. The fourth-order valence-corrected chi connectivity index (χ4v) is 0.259. The number of hydrogen-bond acceptors (Lipinski definition) is 7. The van der Waals surface area contributed by atoms with Gasteiger partial charge in [-0.2, -0.15) is 0 Å². The van der Waals surface area contributed by atoms with Crippen molar-refractivity contribution in [1.82, 2.24) is 0 Å². The normalized spacial score (nSPS) is 6.31. The van der Waals surface area contributed by atoms with E-state index in [4.69, 9.17) is 10.0 Å². The van der Waals surface area contributed by atoms with Crippen molar-refractivity contribution < 1.29 is 33.2 Å². The van der Waals surface area contributed by atoms with E-state index in [0.29, 0.717) is 0 Å². The summed E-state index contributed by atoms with van der Waals surface area (Å²) in [5.41, 5.74) is 0. The minimum absolute atomic E-state index is 0. The van der Waals surface area contributed by atoms with E-state index in [9.17, 15) is 9.41 Å². The Morgan fingerprint density at radius 1 is 0.923 bits per heavy atom. The van der Waals surface area contributed by atoms with Gasteiger partial charge in [0.1, 0.15) is 0 Å². The third-order valence-electron chi connectivity index (χ3n) is 0.577. The van der Waals surface area contributed by atoms with Gasteiger partial charge in [-0.05, 0) is 0 Å². The molecule has 0 aromatic carbocycles. The minimum atomic E-state index is -1.96. The van der Waals surface area contributed by atoms with Crippen molar-refractivity contribution in [2.45, 2.75) is 0 Å². The van der Waals surface area contributed by atoms with Gasteiger partial charge < -0.3 is 0 Å². The molecule has 13 heteroatoms. The summed E-state index contributed by atoms with van der Waals surface area (Å²) in [4.78, 5) is 0. The first-order chi connectivity index (χ1) is 5.20. The summed E-state index contributed by atoms with van der Waals surface area (Å²) >= 11 is 0. The molecule has 0 heterocycles. The second-order valence-corrected chi connectivity index (χ2v) is 1.21. The van der Waals surface area contributed by atoms with E-state index in [1.54, 1.807) is 0 Å². The van der Waals surface area contributed by atoms with Crippen molar-refractivity contribution in [3.8, 4) is 0 Å². The SMILES string of the molecule is O=BOB(O)OB(O)OB=O.[Li].[Li]. The first kappa shape index (κ1) is 19.2. The van der Waals surface area contributed by atoms with Gasteiger partial charge in [-0.15, -0.1) is 0 Å². The predicted molar refractivity (Wildman–Crippen MR) is 43.6 cm³/mol. The minimum Gasteiger partial charge on any atom is 0 e. The van der Waals surface area contributed by atoms with Gasteiger partial charge in [-0.25, -0.2) is 0 Å².